The summed E-state index contributed by atoms with van der Waals surface area (Å²) in [5.74, 6) is 0. The van der Waals surface area contributed by atoms with Crippen molar-refractivity contribution < 1.29 is 14.2 Å². The Labute approximate surface area is 291 Å². The van der Waals surface area contributed by atoms with Crippen molar-refractivity contribution in [2.24, 2.45) is 0 Å². The first-order valence-electron chi connectivity index (χ1n) is 21.3. The van der Waals surface area contributed by atoms with Gasteiger partial charge in [-0.3, -0.25) is 0 Å². The molecule has 0 aromatic carbocycles. The lowest BCUT2D eigenvalue weighted by Gasteiger charge is -2.24. The maximum absolute atomic E-state index is 6.24. The predicted molar refractivity (Wildman–Crippen MR) is 205 cm³/mol. The lowest BCUT2D eigenvalue weighted by Crippen LogP contribution is -2.31. The zero-order valence-electron chi connectivity index (χ0n) is 32.8. The maximum Gasteiger partial charge on any atom is 0.104 e. The Morgan fingerprint density at radius 3 is 0.935 bits per heavy atom. The minimum absolute atomic E-state index is 0.0524. The average Bonchev–Trinajstić information content (AvgIpc) is 3.03. The van der Waals surface area contributed by atoms with Crippen LogP contribution in [0.25, 0.3) is 0 Å². The van der Waals surface area contributed by atoms with Crippen LogP contribution in [0.5, 0.6) is 0 Å². The van der Waals surface area contributed by atoms with Crippen molar-refractivity contribution in [3.63, 3.8) is 0 Å². The van der Waals surface area contributed by atoms with E-state index >= 15 is 0 Å². The smallest absolute Gasteiger partial charge is 0.104 e. The number of rotatable bonds is 39. The lowest BCUT2D eigenvalue weighted by molar-refractivity contribution is -0.0974. The SMILES string of the molecule is CCCCCCCCCCCCCCCCCCOCC(COC(C)(C)C)OCCCCCCCCCCCCCCCCCC. The summed E-state index contributed by atoms with van der Waals surface area (Å²) in [6.45, 7) is 13.9. The van der Waals surface area contributed by atoms with Gasteiger partial charge in [0.25, 0.3) is 0 Å². The third kappa shape index (κ3) is 40.1. The second kappa shape index (κ2) is 37.7. The van der Waals surface area contributed by atoms with Crippen molar-refractivity contribution in [1.82, 2.24) is 0 Å². The van der Waals surface area contributed by atoms with Gasteiger partial charge in [-0.2, -0.15) is 0 Å². The molecule has 0 radical (unpaired) electrons. The van der Waals surface area contributed by atoms with E-state index < -0.39 is 0 Å². The quantitative estimate of drug-likeness (QED) is 0.0618. The highest BCUT2D eigenvalue weighted by Gasteiger charge is 2.16. The molecule has 0 aliphatic carbocycles. The molecule has 0 spiro atoms. The Morgan fingerprint density at radius 2 is 0.630 bits per heavy atom. The Bertz CT molecular complexity index is 543. The third-order valence-corrected chi connectivity index (χ3v) is 9.50. The molecule has 0 saturated heterocycles. The molecule has 0 aliphatic heterocycles. The molecule has 0 aliphatic rings. The number of hydrogen-bond donors (Lipinski definition) is 0. The summed E-state index contributed by atoms with van der Waals surface area (Å²) in [5, 5.41) is 0. The van der Waals surface area contributed by atoms with Gasteiger partial charge < -0.3 is 14.2 Å². The molecule has 0 N–H and O–H groups in total. The molecule has 0 fully saturated rings. The molecule has 1 atom stereocenters. The van der Waals surface area contributed by atoms with Gasteiger partial charge in [0.15, 0.2) is 0 Å². The van der Waals surface area contributed by atoms with E-state index in [1.54, 1.807) is 0 Å². The molecule has 46 heavy (non-hydrogen) atoms. The van der Waals surface area contributed by atoms with Crippen molar-refractivity contribution in [3.05, 3.63) is 0 Å². The average molecular weight is 653 g/mol. The maximum atomic E-state index is 6.24. The predicted octanol–water partition coefficient (Wildman–Crippen LogP) is 14.7. The van der Waals surface area contributed by atoms with Crippen molar-refractivity contribution >= 4 is 0 Å². The minimum atomic E-state index is -0.135. The second-order valence-electron chi connectivity index (χ2n) is 15.6. The van der Waals surface area contributed by atoms with Crippen molar-refractivity contribution in [3.8, 4) is 0 Å². The van der Waals surface area contributed by atoms with E-state index in [2.05, 4.69) is 34.6 Å². The molecule has 3 nitrogen and oxygen atoms in total. The fraction of sp³-hybridized carbons (Fsp3) is 1.00. The highest BCUT2D eigenvalue weighted by molar-refractivity contribution is 4.64. The van der Waals surface area contributed by atoms with Gasteiger partial charge in [0.2, 0.25) is 0 Å². The van der Waals surface area contributed by atoms with Gasteiger partial charge in [0, 0.05) is 13.2 Å². The van der Waals surface area contributed by atoms with Gasteiger partial charge in [-0.05, 0) is 33.6 Å². The summed E-state index contributed by atoms with van der Waals surface area (Å²) in [4.78, 5) is 0. The van der Waals surface area contributed by atoms with Crippen LogP contribution in [-0.2, 0) is 14.2 Å². The second-order valence-corrected chi connectivity index (χ2v) is 15.6. The molecular weight excluding hydrogens is 564 g/mol. The summed E-state index contributed by atoms with van der Waals surface area (Å²) in [5.41, 5.74) is -0.135. The highest BCUT2D eigenvalue weighted by atomic mass is 16.6. The van der Waals surface area contributed by atoms with Crippen LogP contribution in [0.2, 0.25) is 0 Å². The van der Waals surface area contributed by atoms with Crippen molar-refractivity contribution in [2.75, 3.05) is 26.4 Å². The van der Waals surface area contributed by atoms with Crippen LogP contribution >= 0.6 is 0 Å². The van der Waals surface area contributed by atoms with Crippen molar-refractivity contribution in [2.45, 2.75) is 252 Å². The van der Waals surface area contributed by atoms with Crippen LogP contribution in [0.3, 0.4) is 0 Å². The Hall–Kier alpha value is -0.120. The lowest BCUT2D eigenvalue weighted by atomic mass is 10.0. The molecule has 0 rings (SSSR count). The van der Waals surface area contributed by atoms with Gasteiger partial charge in [-0.25, -0.2) is 0 Å². The topological polar surface area (TPSA) is 27.7 Å². The van der Waals surface area contributed by atoms with Crippen LogP contribution < -0.4 is 0 Å². The Balaban J connectivity index is 3.61. The molecule has 0 heterocycles. The standard InChI is InChI=1S/C43H88O3/c1-6-8-10-12-14-16-18-20-22-24-26-28-30-32-34-36-38-44-40-42(41-46-43(3,4)5)45-39-37-35-33-31-29-27-25-23-21-19-17-15-13-11-9-7-2/h42H,6-41H2,1-5H3. The van der Waals surface area contributed by atoms with Crippen molar-refractivity contribution in [1.29, 1.82) is 0 Å². The van der Waals surface area contributed by atoms with Gasteiger partial charge in [-0.15, -0.1) is 0 Å². The fourth-order valence-corrected chi connectivity index (χ4v) is 6.35. The van der Waals surface area contributed by atoms with Gasteiger partial charge >= 0.3 is 0 Å². The number of hydrogen-bond acceptors (Lipinski definition) is 3. The largest absolute Gasteiger partial charge is 0.379 e. The molecular formula is C43H88O3. The number of unbranched alkanes of at least 4 members (excludes halogenated alkanes) is 30. The first kappa shape index (κ1) is 45.9. The zero-order chi connectivity index (χ0) is 33.7. The van der Waals surface area contributed by atoms with Crippen LogP contribution in [0.1, 0.15) is 240 Å². The first-order chi connectivity index (χ1) is 22.5. The molecule has 3 heteroatoms. The van der Waals surface area contributed by atoms with E-state index in [-0.39, 0.29) is 11.7 Å². The monoisotopic (exact) mass is 653 g/mol. The molecule has 0 aromatic rings. The minimum Gasteiger partial charge on any atom is -0.379 e. The van der Waals surface area contributed by atoms with Crippen LogP contribution in [0.15, 0.2) is 0 Å². The fourth-order valence-electron chi connectivity index (χ4n) is 6.35. The van der Waals surface area contributed by atoms with E-state index in [1.807, 2.05) is 0 Å². The molecule has 0 bridgehead atoms. The summed E-state index contributed by atoms with van der Waals surface area (Å²) < 4.78 is 18.4. The molecule has 0 saturated carbocycles. The number of ether oxygens (including phenoxy) is 3. The van der Waals surface area contributed by atoms with Gasteiger partial charge in [-0.1, -0.05) is 206 Å². The van der Waals surface area contributed by atoms with Crippen LogP contribution in [0, 0.1) is 0 Å². The first-order valence-corrected chi connectivity index (χ1v) is 21.3. The third-order valence-electron chi connectivity index (χ3n) is 9.50. The summed E-state index contributed by atoms with van der Waals surface area (Å²) in [6.07, 6.45) is 44.9. The molecule has 278 valence electrons. The van der Waals surface area contributed by atoms with Crippen LogP contribution in [0.4, 0.5) is 0 Å². The molecule has 1 unspecified atom stereocenters. The van der Waals surface area contributed by atoms with Gasteiger partial charge in [0.05, 0.1) is 18.8 Å². The Morgan fingerprint density at radius 1 is 0.348 bits per heavy atom. The summed E-state index contributed by atoms with van der Waals surface area (Å²) >= 11 is 0. The summed E-state index contributed by atoms with van der Waals surface area (Å²) in [7, 11) is 0. The van der Waals surface area contributed by atoms with E-state index in [0.717, 1.165) is 19.6 Å². The Kier molecular flexibility index (Phi) is 37.6. The van der Waals surface area contributed by atoms with E-state index in [1.165, 1.54) is 199 Å². The summed E-state index contributed by atoms with van der Waals surface area (Å²) in [6, 6.07) is 0. The normalized spacial score (nSPS) is 12.7. The van der Waals surface area contributed by atoms with E-state index in [9.17, 15) is 0 Å². The van der Waals surface area contributed by atoms with E-state index in [4.69, 9.17) is 14.2 Å². The van der Waals surface area contributed by atoms with Crippen LogP contribution in [-0.4, -0.2) is 38.1 Å². The van der Waals surface area contributed by atoms with E-state index in [0.29, 0.717) is 13.2 Å². The zero-order valence-corrected chi connectivity index (χ0v) is 32.8. The highest BCUT2D eigenvalue weighted by Crippen LogP contribution is 2.16. The molecule has 0 aromatic heterocycles. The van der Waals surface area contributed by atoms with Gasteiger partial charge in [0.1, 0.15) is 6.10 Å². The molecule has 0 amide bonds.